The van der Waals surface area contributed by atoms with Crippen LogP contribution in [0.3, 0.4) is 0 Å². The minimum atomic E-state index is -0.0105. The third kappa shape index (κ3) is 3.07. The molecule has 0 unspecified atom stereocenters. The number of hydrogen-bond donors (Lipinski definition) is 2. The number of H-pyrrole nitrogens is 1. The molecule has 1 saturated heterocycles. The molecular formula is C18H25N3O. The van der Waals surface area contributed by atoms with Crippen molar-refractivity contribution < 1.29 is 0 Å². The Kier molecular flexibility index (Phi) is 4.57. The molecule has 3 rings (SSSR count). The molecule has 3 atom stereocenters. The van der Waals surface area contributed by atoms with E-state index in [1.807, 2.05) is 24.3 Å². The molecule has 2 heterocycles. The molecule has 1 aliphatic heterocycles. The summed E-state index contributed by atoms with van der Waals surface area (Å²) in [5, 5.41) is 4.19. The second-order valence-electron chi connectivity index (χ2n) is 6.50. The summed E-state index contributed by atoms with van der Waals surface area (Å²) in [6, 6.07) is 8.15. The molecule has 1 aromatic heterocycles. The number of aromatic amines is 1. The summed E-state index contributed by atoms with van der Waals surface area (Å²) in [6.07, 6.45) is 4.50. The van der Waals surface area contributed by atoms with Crippen molar-refractivity contribution >= 4 is 10.9 Å². The Morgan fingerprint density at radius 1 is 1.36 bits per heavy atom. The zero-order valence-electron chi connectivity index (χ0n) is 13.4. The monoisotopic (exact) mass is 299 g/mol. The van der Waals surface area contributed by atoms with Crippen molar-refractivity contribution in [3.8, 4) is 0 Å². The van der Waals surface area contributed by atoms with Gasteiger partial charge in [-0.15, -0.1) is 0 Å². The van der Waals surface area contributed by atoms with E-state index in [4.69, 9.17) is 4.98 Å². The van der Waals surface area contributed by atoms with Gasteiger partial charge in [0.15, 0.2) is 0 Å². The molecule has 4 nitrogen and oxygen atoms in total. The molecule has 0 aliphatic carbocycles. The van der Waals surface area contributed by atoms with Crippen LogP contribution in [-0.2, 0) is 0 Å². The predicted molar refractivity (Wildman–Crippen MR) is 90.2 cm³/mol. The van der Waals surface area contributed by atoms with Crippen molar-refractivity contribution in [2.24, 2.45) is 5.92 Å². The Morgan fingerprint density at radius 2 is 2.18 bits per heavy atom. The number of piperidine rings is 1. The van der Waals surface area contributed by atoms with Crippen LogP contribution >= 0.6 is 0 Å². The molecule has 1 aliphatic rings. The van der Waals surface area contributed by atoms with E-state index in [-0.39, 0.29) is 5.56 Å². The van der Waals surface area contributed by atoms with Gasteiger partial charge in [0, 0.05) is 12.0 Å². The summed E-state index contributed by atoms with van der Waals surface area (Å²) in [5.74, 6) is 1.83. The summed E-state index contributed by atoms with van der Waals surface area (Å²) in [7, 11) is 0. The van der Waals surface area contributed by atoms with Gasteiger partial charge in [0.25, 0.3) is 5.56 Å². The summed E-state index contributed by atoms with van der Waals surface area (Å²) in [4.78, 5) is 20.2. The van der Waals surface area contributed by atoms with Gasteiger partial charge in [0.2, 0.25) is 0 Å². The smallest absolute Gasteiger partial charge is 0.258 e. The second kappa shape index (κ2) is 6.61. The van der Waals surface area contributed by atoms with Crippen LogP contribution in [-0.4, -0.2) is 22.6 Å². The lowest BCUT2D eigenvalue weighted by atomic mass is 9.79. The highest BCUT2D eigenvalue weighted by Gasteiger charge is 2.28. The van der Waals surface area contributed by atoms with E-state index >= 15 is 0 Å². The molecule has 0 saturated carbocycles. The zero-order chi connectivity index (χ0) is 15.5. The van der Waals surface area contributed by atoms with E-state index < -0.39 is 0 Å². The zero-order valence-corrected chi connectivity index (χ0v) is 13.4. The van der Waals surface area contributed by atoms with E-state index in [1.165, 1.54) is 0 Å². The maximum absolute atomic E-state index is 12.3. The Bertz CT molecular complexity index is 694. The molecule has 0 bridgehead atoms. The first-order valence-electron chi connectivity index (χ1n) is 8.41. The van der Waals surface area contributed by atoms with Gasteiger partial charge in [-0.1, -0.05) is 25.5 Å². The number of nitrogens with zero attached hydrogens (tertiary/aromatic N) is 1. The number of aromatic nitrogens is 2. The largest absolute Gasteiger partial charge is 0.314 e. The van der Waals surface area contributed by atoms with E-state index in [2.05, 4.69) is 24.1 Å². The predicted octanol–water partition coefficient (Wildman–Crippen LogP) is 3.19. The summed E-state index contributed by atoms with van der Waals surface area (Å²) in [6.45, 7) is 5.51. The fraction of sp³-hybridized carbons (Fsp3) is 0.556. The van der Waals surface area contributed by atoms with Gasteiger partial charge in [-0.05, 0) is 50.8 Å². The van der Waals surface area contributed by atoms with Crippen LogP contribution in [0.4, 0.5) is 0 Å². The first-order chi connectivity index (χ1) is 10.7. The number of rotatable bonds is 4. The molecule has 1 aromatic carbocycles. The van der Waals surface area contributed by atoms with Gasteiger partial charge in [0.05, 0.1) is 10.9 Å². The van der Waals surface area contributed by atoms with Crippen molar-refractivity contribution in [1.82, 2.24) is 15.3 Å². The number of nitrogens with one attached hydrogen (secondary N) is 2. The van der Waals surface area contributed by atoms with Crippen molar-refractivity contribution in [2.45, 2.75) is 51.5 Å². The van der Waals surface area contributed by atoms with E-state index in [0.29, 0.717) is 23.3 Å². The third-order valence-electron chi connectivity index (χ3n) is 4.82. The minimum Gasteiger partial charge on any atom is -0.314 e. The SMILES string of the molecule is CCC[C@H](c1nc2ccccc2c(=O)[nH]1)[C@@H]1CCN[C@@H](C)C1. The Morgan fingerprint density at radius 3 is 2.95 bits per heavy atom. The Labute approximate surface area is 131 Å². The van der Waals surface area contributed by atoms with Crippen LogP contribution in [0.1, 0.15) is 51.3 Å². The molecule has 0 amide bonds. The molecule has 2 N–H and O–H groups in total. The Balaban J connectivity index is 1.99. The molecule has 0 spiro atoms. The molecule has 1 fully saturated rings. The summed E-state index contributed by atoms with van der Waals surface area (Å²) < 4.78 is 0. The molecule has 4 heteroatoms. The lowest BCUT2D eigenvalue weighted by Gasteiger charge is -2.33. The van der Waals surface area contributed by atoms with Gasteiger partial charge in [-0.2, -0.15) is 0 Å². The van der Waals surface area contributed by atoms with E-state index in [9.17, 15) is 4.79 Å². The van der Waals surface area contributed by atoms with E-state index in [0.717, 1.165) is 43.6 Å². The second-order valence-corrected chi connectivity index (χ2v) is 6.50. The Hall–Kier alpha value is -1.68. The first-order valence-corrected chi connectivity index (χ1v) is 8.41. The fourth-order valence-electron chi connectivity index (χ4n) is 3.72. The third-order valence-corrected chi connectivity index (χ3v) is 4.82. The van der Waals surface area contributed by atoms with Gasteiger partial charge in [-0.3, -0.25) is 4.79 Å². The quantitative estimate of drug-likeness (QED) is 0.911. The maximum Gasteiger partial charge on any atom is 0.258 e. The van der Waals surface area contributed by atoms with E-state index in [1.54, 1.807) is 0 Å². The normalized spacial score (nSPS) is 23.5. The van der Waals surface area contributed by atoms with Crippen LogP contribution in [0, 0.1) is 5.92 Å². The van der Waals surface area contributed by atoms with Gasteiger partial charge >= 0.3 is 0 Å². The van der Waals surface area contributed by atoms with Crippen LogP contribution in [0.15, 0.2) is 29.1 Å². The van der Waals surface area contributed by atoms with Crippen molar-refractivity contribution in [3.05, 3.63) is 40.4 Å². The average Bonchev–Trinajstić information content (AvgIpc) is 2.52. The lowest BCUT2D eigenvalue weighted by Crippen LogP contribution is -2.38. The number of para-hydroxylation sites is 1. The average molecular weight is 299 g/mol. The van der Waals surface area contributed by atoms with Crippen molar-refractivity contribution in [3.63, 3.8) is 0 Å². The van der Waals surface area contributed by atoms with Crippen molar-refractivity contribution in [1.29, 1.82) is 0 Å². The minimum absolute atomic E-state index is 0.0105. The lowest BCUT2D eigenvalue weighted by molar-refractivity contribution is 0.258. The summed E-state index contributed by atoms with van der Waals surface area (Å²) >= 11 is 0. The maximum atomic E-state index is 12.3. The number of hydrogen-bond acceptors (Lipinski definition) is 3. The topological polar surface area (TPSA) is 57.8 Å². The van der Waals surface area contributed by atoms with Crippen LogP contribution in [0.25, 0.3) is 10.9 Å². The fourth-order valence-corrected chi connectivity index (χ4v) is 3.72. The highest BCUT2D eigenvalue weighted by molar-refractivity contribution is 5.77. The summed E-state index contributed by atoms with van der Waals surface area (Å²) in [5.41, 5.74) is 0.799. The van der Waals surface area contributed by atoms with Crippen LogP contribution < -0.4 is 10.9 Å². The van der Waals surface area contributed by atoms with Crippen LogP contribution in [0.2, 0.25) is 0 Å². The molecule has 118 valence electrons. The van der Waals surface area contributed by atoms with Crippen molar-refractivity contribution in [2.75, 3.05) is 6.54 Å². The molecule has 0 radical (unpaired) electrons. The van der Waals surface area contributed by atoms with Gasteiger partial charge in [0.1, 0.15) is 5.82 Å². The standard InChI is InChI=1S/C18H25N3O/c1-3-6-14(13-9-10-19-12(2)11-13)17-20-16-8-5-4-7-15(16)18(22)21-17/h4-5,7-8,12-14,19H,3,6,9-11H2,1-2H3,(H,20,21,22)/t12-,13+,14-/m0/s1. The highest BCUT2D eigenvalue weighted by atomic mass is 16.1. The van der Waals surface area contributed by atoms with Gasteiger partial charge in [-0.25, -0.2) is 4.98 Å². The molecule has 22 heavy (non-hydrogen) atoms. The molecule has 2 aromatic rings. The molecular weight excluding hydrogens is 274 g/mol. The highest BCUT2D eigenvalue weighted by Crippen LogP contribution is 2.34. The number of fused-ring (bicyclic) bond motifs is 1. The van der Waals surface area contributed by atoms with Crippen LogP contribution in [0.5, 0.6) is 0 Å². The van der Waals surface area contributed by atoms with Gasteiger partial charge < -0.3 is 10.3 Å². The number of benzene rings is 1. The first kappa shape index (κ1) is 15.2.